The van der Waals surface area contributed by atoms with Crippen molar-refractivity contribution in [1.82, 2.24) is 3.97 Å². The molecule has 3 rings (SSSR count). The van der Waals surface area contributed by atoms with E-state index in [2.05, 4.69) is 15.9 Å². The normalized spacial score (nSPS) is 11.8. The number of hydrogen-bond donors (Lipinski definition) is 0. The van der Waals surface area contributed by atoms with Gasteiger partial charge < -0.3 is 4.74 Å². The van der Waals surface area contributed by atoms with E-state index in [9.17, 15) is 17.2 Å². The highest BCUT2D eigenvalue weighted by Gasteiger charge is 2.14. The zero-order chi connectivity index (χ0) is 16.8. The van der Waals surface area contributed by atoms with Gasteiger partial charge in [-0.1, -0.05) is 0 Å². The molecule has 3 aromatic rings. The third-order valence-corrected chi connectivity index (χ3v) is 4.83. The summed E-state index contributed by atoms with van der Waals surface area (Å²) in [4.78, 5) is 0. The maximum atomic E-state index is 13.7. The van der Waals surface area contributed by atoms with E-state index >= 15 is 0 Å². The second-order valence-corrected chi connectivity index (χ2v) is 7.61. The summed E-state index contributed by atoms with van der Waals surface area (Å²) in [6.45, 7) is 0. The van der Waals surface area contributed by atoms with Crippen molar-refractivity contribution in [2.75, 3.05) is 6.26 Å². The van der Waals surface area contributed by atoms with Crippen LogP contribution in [0.2, 0.25) is 0 Å². The molecule has 0 amide bonds. The predicted molar refractivity (Wildman–Crippen MR) is 86.3 cm³/mol. The Labute approximate surface area is 139 Å². The molecule has 0 aliphatic rings. The minimum atomic E-state index is -3.43. The van der Waals surface area contributed by atoms with Gasteiger partial charge in [-0.05, 0) is 46.3 Å². The molecule has 1 aromatic heterocycles. The van der Waals surface area contributed by atoms with E-state index in [1.807, 2.05) is 0 Å². The fourth-order valence-electron chi connectivity index (χ4n) is 2.16. The standard InChI is InChI=1S/C15H10BrF2NO3S/c1-23(20,21)19-5-4-9-6-15(11(16)8-13(9)19)22-14-3-2-10(17)7-12(14)18/h2-8H,1H3. The van der Waals surface area contributed by atoms with Crippen LogP contribution in [0.1, 0.15) is 0 Å². The topological polar surface area (TPSA) is 48.3 Å². The summed E-state index contributed by atoms with van der Waals surface area (Å²) in [5, 5.41) is 0.608. The lowest BCUT2D eigenvalue weighted by molar-refractivity contribution is 0.436. The molecule has 0 bridgehead atoms. The van der Waals surface area contributed by atoms with Crippen molar-refractivity contribution in [3.63, 3.8) is 0 Å². The lowest BCUT2D eigenvalue weighted by atomic mass is 10.2. The lowest BCUT2D eigenvalue weighted by Gasteiger charge is -2.10. The summed E-state index contributed by atoms with van der Waals surface area (Å²) >= 11 is 3.27. The molecule has 0 aliphatic heterocycles. The van der Waals surface area contributed by atoms with E-state index in [1.165, 1.54) is 12.3 Å². The first-order chi connectivity index (χ1) is 10.8. The quantitative estimate of drug-likeness (QED) is 0.657. The third kappa shape index (κ3) is 3.09. The van der Waals surface area contributed by atoms with Crippen LogP contribution in [0.5, 0.6) is 11.5 Å². The largest absolute Gasteiger partial charge is 0.453 e. The first kappa shape index (κ1) is 15.9. The molecule has 8 heteroatoms. The van der Waals surface area contributed by atoms with Crippen LogP contribution < -0.4 is 4.74 Å². The molecule has 0 spiro atoms. The molecule has 120 valence electrons. The van der Waals surface area contributed by atoms with Crippen molar-refractivity contribution in [3.8, 4) is 11.5 Å². The lowest BCUT2D eigenvalue weighted by Crippen LogP contribution is -2.08. The Bertz CT molecular complexity index is 1010. The van der Waals surface area contributed by atoms with Crippen LogP contribution in [0, 0.1) is 11.6 Å². The highest BCUT2D eigenvalue weighted by Crippen LogP contribution is 2.35. The highest BCUT2D eigenvalue weighted by atomic mass is 79.9. The van der Waals surface area contributed by atoms with E-state index in [4.69, 9.17) is 4.74 Å². The molecule has 1 heterocycles. The summed E-state index contributed by atoms with van der Waals surface area (Å²) in [6.07, 6.45) is 2.52. The van der Waals surface area contributed by atoms with Gasteiger partial charge in [-0.3, -0.25) is 0 Å². The maximum Gasteiger partial charge on any atom is 0.236 e. The number of aromatic nitrogens is 1. The van der Waals surface area contributed by atoms with Crippen LogP contribution in [-0.2, 0) is 10.0 Å². The summed E-state index contributed by atoms with van der Waals surface area (Å²) in [5.74, 6) is -1.37. The molecule has 0 atom stereocenters. The van der Waals surface area contributed by atoms with Crippen LogP contribution in [0.4, 0.5) is 8.78 Å². The number of nitrogens with zero attached hydrogens (tertiary/aromatic N) is 1. The maximum absolute atomic E-state index is 13.7. The summed E-state index contributed by atoms with van der Waals surface area (Å²) in [5.41, 5.74) is 0.464. The van der Waals surface area contributed by atoms with Gasteiger partial charge in [-0.15, -0.1) is 0 Å². The SMILES string of the molecule is CS(=O)(=O)n1ccc2cc(Oc3ccc(F)cc3F)c(Br)cc21. The second-order valence-electron chi connectivity index (χ2n) is 4.89. The fraction of sp³-hybridized carbons (Fsp3) is 0.0667. The van der Waals surface area contributed by atoms with Crippen LogP contribution >= 0.6 is 15.9 Å². The molecule has 0 aliphatic carbocycles. The summed E-state index contributed by atoms with van der Waals surface area (Å²) in [6, 6.07) is 7.74. The Morgan fingerprint density at radius 2 is 1.83 bits per heavy atom. The first-order valence-electron chi connectivity index (χ1n) is 6.40. The van der Waals surface area contributed by atoms with Crippen molar-refractivity contribution in [1.29, 1.82) is 0 Å². The van der Waals surface area contributed by atoms with Gasteiger partial charge in [-0.2, -0.15) is 0 Å². The molecule has 0 radical (unpaired) electrons. The van der Waals surface area contributed by atoms with Gasteiger partial charge in [0.15, 0.2) is 11.6 Å². The zero-order valence-corrected chi connectivity index (χ0v) is 14.2. The number of rotatable bonds is 3. The first-order valence-corrected chi connectivity index (χ1v) is 9.04. The number of halogens is 3. The summed E-state index contributed by atoms with van der Waals surface area (Å²) < 4.78 is 57.0. The van der Waals surface area contributed by atoms with Gasteiger partial charge >= 0.3 is 0 Å². The van der Waals surface area contributed by atoms with Crippen LogP contribution in [0.3, 0.4) is 0 Å². The van der Waals surface area contributed by atoms with Gasteiger partial charge in [0, 0.05) is 17.6 Å². The smallest absolute Gasteiger partial charge is 0.236 e. The molecule has 0 fully saturated rings. The fourth-order valence-corrected chi connectivity index (χ4v) is 3.36. The van der Waals surface area contributed by atoms with Crippen molar-refractivity contribution in [2.45, 2.75) is 0 Å². The third-order valence-electron chi connectivity index (χ3n) is 3.18. The molecule has 0 saturated carbocycles. The van der Waals surface area contributed by atoms with Gasteiger partial charge in [0.25, 0.3) is 0 Å². The van der Waals surface area contributed by atoms with Crippen molar-refractivity contribution in [3.05, 3.63) is 58.7 Å². The zero-order valence-electron chi connectivity index (χ0n) is 11.8. The average molecular weight is 402 g/mol. The molecular weight excluding hydrogens is 392 g/mol. The minimum absolute atomic E-state index is 0.131. The Morgan fingerprint density at radius 3 is 2.48 bits per heavy atom. The second kappa shape index (κ2) is 5.61. The number of hydrogen-bond acceptors (Lipinski definition) is 3. The Balaban J connectivity index is 2.07. The predicted octanol–water partition coefficient (Wildman–Crippen LogP) is 4.28. The van der Waals surface area contributed by atoms with E-state index in [0.717, 1.165) is 22.4 Å². The molecule has 0 saturated heterocycles. The van der Waals surface area contributed by atoms with Gasteiger partial charge in [0.1, 0.15) is 11.6 Å². The molecular formula is C15H10BrF2NO3S. The minimum Gasteiger partial charge on any atom is -0.453 e. The van der Waals surface area contributed by atoms with E-state index in [1.54, 1.807) is 18.2 Å². The Morgan fingerprint density at radius 1 is 1.09 bits per heavy atom. The molecule has 4 nitrogen and oxygen atoms in total. The van der Waals surface area contributed by atoms with Crippen LogP contribution in [-0.4, -0.2) is 18.6 Å². The Hall–Kier alpha value is -1.93. The van der Waals surface area contributed by atoms with Crippen LogP contribution in [0.25, 0.3) is 10.9 Å². The highest BCUT2D eigenvalue weighted by molar-refractivity contribution is 9.10. The summed E-state index contributed by atoms with van der Waals surface area (Å²) in [7, 11) is -3.43. The van der Waals surface area contributed by atoms with E-state index in [0.29, 0.717) is 15.4 Å². The van der Waals surface area contributed by atoms with Crippen molar-refractivity contribution in [2.24, 2.45) is 0 Å². The molecule has 0 N–H and O–H groups in total. The van der Waals surface area contributed by atoms with Crippen LogP contribution in [0.15, 0.2) is 47.1 Å². The van der Waals surface area contributed by atoms with E-state index < -0.39 is 21.7 Å². The van der Waals surface area contributed by atoms with Gasteiger partial charge in [0.05, 0.1) is 16.2 Å². The monoisotopic (exact) mass is 401 g/mol. The average Bonchev–Trinajstić information content (AvgIpc) is 2.84. The molecule has 2 aromatic carbocycles. The number of benzene rings is 2. The van der Waals surface area contributed by atoms with Crippen molar-refractivity contribution >= 4 is 36.9 Å². The van der Waals surface area contributed by atoms with Gasteiger partial charge in [-0.25, -0.2) is 21.2 Å². The number of fused-ring (bicyclic) bond motifs is 1. The molecule has 23 heavy (non-hydrogen) atoms. The van der Waals surface area contributed by atoms with E-state index in [-0.39, 0.29) is 11.5 Å². The Kier molecular flexibility index (Phi) is 3.89. The molecule has 0 unspecified atom stereocenters. The van der Waals surface area contributed by atoms with Crippen molar-refractivity contribution < 1.29 is 21.9 Å². The van der Waals surface area contributed by atoms with Gasteiger partial charge in [0.2, 0.25) is 10.0 Å². The number of ether oxygens (including phenoxy) is 1.